The maximum absolute atomic E-state index is 13.0. The van der Waals surface area contributed by atoms with Gasteiger partial charge in [-0.3, -0.25) is 4.79 Å². The fourth-order valence-electron chi connectivity index (χ4n) is 2.04. The van der Waals surface area contributed by atoms with E-state index in [0.717, 1.165) is 29.0 Å². The Balaban J connectivity index is 0.00000242. The Morgan fingerprint density at radius 3 is 2.55 bits per heavy atom. The molecular weight excluding hydrogens is 323 g/mol. The van der Waals surface area contributed by atoms with E-state index in [9.17, 15) is 9.18 Å². The summed E-state index contributed by atoms with van der Waals surface area (Å²) < 4.78 is 13.0. The zero-order valence-corrected chi connectivity index (χ0v) is 14.2. The van der Waals surface area contributed by atoms with Crippen LogP contribution in [0.2, 0.25) is 0 Å². The van der Waals surface area contributed by atoms with Crippen molar-refractivity contribution in [2.75, 3.05) is 20.1 Å². The van der Waals surface area contributed by atoms with Gasteiger partial charge in [0.1, 0.15) is 5.82 Å². The Morgan fingerprint density at radius 1 is 1.23 bits per heavy atom. The molecule has 0 fully saturated rings. The number of benzene rings is 1. The van der Waals surface area contributed by atoms with E-state index in [4.69, 9.17) is 0 Å². The van der Waals surface area contributed by atoms with Crippen LogP contribution in [0.25, 0.3) is 10.4 Å². The van der Waals surface area contributed by atoms with Gasteiger partial charge >= 0.3 is 0 Å². The number of thiophene rings is 1. The predicted molar refractivity (Wildman–Crippen MR) is 92.6 cm³/mol. The molecule has 0 aliphatic carbocycles. The molecule has 0 saturated carbocycles. The van der Waals surface area contributed by atoms with Crippen molar-refractivity contribution in [2.45, 2.75) is 13.3 Å². The Labute approximate surface area is 140 Å². The van der Waals surface area contributed by atoms with E-state index in [0.29, 0.717) is 11.4 Å². The molecule has 0 saturated heterocycles. The molecule has 0 radical (unpaired) electrons. The van der Waals surface area contributed by atoms with Gasteiger partial charge in [0.15, 0.2) is 0 Å². The largest absolute Gasteiger partial charge is 0.351 e. The third-order valence-electron chi connectivity index (χ3n) is 3.14. The molecule has 1 aromatic carbocycles. The van der Waals surface area contributed by atoms with E-state index >= 15 is 0 Å². The quantitative estimate of drug-likeness (QED) is 0.787. The molecular formula is C16H20ClFN2OS. The van der Waals surface area contributed by atoms with Crippen molar-refractivity contribution >= 4 is 29.7 Å². The summed E-state index contributed by atoms with van der Waals surface area (Å²) in [4.78, 5) is 13.8. The van der Waals surface area contributed by atoms with Crippen LogP contribution < -0.4 is 10.6 Å². The fraction of sp³-hybridized carbons (Fsp3) is 0.312. The first-order chi connectivity index (χ1) is 10.1. The monoisotopic (exact) mass is 342 g/mol. The van der Waals surface area contributed by atoms with Crippen molar-refractivity contribution in [2.24, 2.45) is 0 Å². The SMILES string of the molecule is CNCCCNC(=O)c1cc(C)c(-c2ccc(F)cc2)s1.Cl. The Morgan fingerprint density at radius 2 is 1.91 bits per heavy atom. The van der Waals surface area contributed by atoms with Crippen LogP contribution >= 0.6 is 23.7 Å². The van der Waals surface area contributed by atoms with Crippen LogP contribution in [0.5, 0.6) is 0 Å². The molecule has 1 amide bonds. The van der Waals surface area contributed by atoms with Crippen LogP contribution in [0.1, 0.15) is 21.7 Å². The smallest absolute Gasteiger partial charge is 0.261 e. The number of halogens is 2. The maximum Gasteiger partial charge on any atom is 0.261 e. The van der Waals surface area contributed by atoms with E-state index in [1.54, 1.807) is 12.1 Å². The number of carbonyl (C=O) groups excluding carboxylic acids is 1. The lowest BCUT2D eigenvalue weighted by molar-refractivity contribution is 0.0957. The van der Waals surface area contributed by atoms with Crippen molar-refractivity contribution in [1.29, 1.82) is 0 Å². The number of carbonyl (C=O) groups is 1. The molecule has 22 heavy (non-hydrogen) atoms. The maximum atomic E-state index is 13.0. The summed E-state index contributed by atoms with van der Waals surface area (Å²) in [6, 6.07) is 8.24. The van der Waals surface area contributed by atoms with Crippen LogP contribution in [-0.2, 0) is 0 Å². The minimum atomic E-state index is -0.254. The Hall–Kier alpha value is -1.43. The van der Waals surface area contributed by atoms with Gasteiger partial charge in [-0.1, -0.05) is 12.1 Å². The molecule has 0 unspecified atom stereocenters. The van der Waals surface area contributed by atoms with Gasteiger partial charge in [-0.15, -0.1) is 23.7 Å². The Bertz CT molecular complexity index is 613. The second-order valence-corrected chi connectivity index (χ2v) is 5.89. The standard InChI is InChI=1S/C16H19FN2OS.ClH/c1-11-10-14(16(20)19-9-3-8-18-2)21-15(11)12-4-6-13(17)7-5-12;/h4-7,10,18H,3,8-9H2,1-2H3,(H,19,20);1H. The molecule has 120 valence electrons. The molecule has 0 spiro atoms. The van der Waals surface area contributed by atoms with E-state index in [2.05, 4.69) is 10.6 Å². The van der Waals surface area contributed by atoms with Crippen LogP contribution in [0.3, 0.4) is 0 Å². The zero-order valence-electron chi connectivity index (χ0n) is 12.6. The van der Waals surface area contributed by atoms with Gasteiger partial charge in [-0.05, 0) is 56.3 Å². The predicted octanol–water partition coefficient (Wildman–Crippen LogP) is 3.62. The van der Waals surface area contributed by atoms with Gasteiger partial charge in [0, 0.05) is 11.4 Å². The van der Waals surface area contributed by atoms with Gasteiger partial charge < -0.3 is 10.6 Å². The highest BCUT2D eigenvalue weighted by Crippen LogP contribution is 2.32. The van der Waals surface area contributed by atoms with E-state index < -0.39 is 0 Å². The lowest BCUT2D eigenvalue weighted by atomic mass is 10.1. The average Bonchev–Trinajstić information content (AvgIpc) is 2.86. The van der Waals surface area contributed by atoms with E-state index in [-0.39, 0.29) is 24.1 Å². The van der Waals surface area contributed by atoms with E-state index in [1.807, 2.05) is 20.0 Å². The van der Waals surface area contributed by atoms with Crippen LogP contribution in [0.15, 0.2) is 30.3 Å². The number of hydrogen-bond donors (Lipinski definition) is 2. The number of hydrogen-bond acceptors (Lipinski definition) is 3. The van der Waals surface area contributed by atoms with Crippen molar-refractivity contribution in [3.8, 4) is 10.4 Å². The lowest BCUT2D eigenvalue weighted by Crippen LogP contribution is -2.25. The summed E-state index contributed by atoms with van der Waals surface area (Å²) in [5, 5.41) is 5.95. The highest BCUT2D eigenvalue weighted by molar-refractivity contribution is 7.17. The number of amides is 1. The topological polar surface area (TPSA) is 41.1 Å². The Kier molecular flexibility index (Phi) is 7.51. The first-order valence-corrected chi connectivity index (χ1v) is 7.72. The third-order valence-corrected chi connectivity index (χ3v) is 4.42. The molecule has 1 aromatic heterocycles. The summed E-state index contributed by atoms with van der Waals surface area (Å²) in [6.07, 6.45) is 0.900. The van der Waals surface area contributed by atoms with Crippen LogP contribution in [-0.4, -0.2) is 26.0 Å². The highest BCUT2D eigenvalue weighted by atomic mass is 35.5. The molecule has 0 aliphatic heterocycles. The second-order valence-electron chi connectivity index (χ2n) is 4.84. The van der Waals surface area contributed by atoms with Crippen molar-refractivity contribution in [3.05, 3.63) is 46.6 Å². The number of aryl methyl sites for hydroxylation is 1. The first-order valence-electron chi connectivity index (χ1n) is 6.91. The first kappa shape index (κ1) is 18.6. The van der Waals surface area contributed by atoms with Crippen molar-refractivity contribution in [1.82, 2.24) is 10.6 Å². The summed E-state index contributed by atoms with van der Waals surface area (Å²) in [5.41, 5.74) is 1.97. The summed E-state index contributed by atoms with van der Waals surface area (Å²) in [6.45, 7) is 3.50. The molecule has 2 aromatic rings. The fourth-order valence-corrected chi connectivity index (χ4v) is 3.13. The molecule has 0 bridgehead atoms. The summed E-state index contributed by atoms with van der Waals surface area (Å²) >= 11 is 1.44. The molecule has 3 nitrogen and oxygen atoms in total. The molecule has 6 heteroatoms. The normalized spacial score (nSPS) is 10.1. The molecule has 1 heterocycles. The minimum Gasteiger partial charge on any atom is -0.351 e. The number of nitrogens with one attached hydrogen (secondary N) is 2. The summed E-state index contributed by atoms with van der Waals surface area (Å²) in [5.74, 6) is -0.303. The lowest BCUT2D eigenvalue weighted by Gasteiger charge is -2.02. The highest BCUT2D eigenvalue weighted by Gasteiger charge is 2.13. The van der Waals surface area contributed by atoms with Gasteiger partial charge in [-0.2, -0.15) is 0 Å². The van der Waals surface area contributed by atoms with Gasteiger partial charge in [0.05, 0.1) is 4.88 Å². The van der Waals surface area contributed by atoms with Crippen LogP contribution in [0.4, 0.5) is 4.39 Å². The third kappa shape index (κ3) is 4.80. The molecule has 0 aliphatic rings. The minimum absolute atomic E-state index is 0. The molecule has 0 atom stereocenters. The van der Waals surface area contributed by atoms with Crippen molar-refractivity contribution < 1.29 is 9.18 Å². The molecule has 2 N–H and O–H groups in total. The zero-order chi connectivity index (χ0) is 15.2. The average molecular weight is 343 g/mol. The van der Waals surface area contributed by atoms with Crippen LogP contribution in [0, 0.1) is 12.7 Å². The second kappa shape index (κ2) is 8.88. The van der Waals surface area contributed by atoms with E-state index in [1.165, 1.54) is 23.5 Å². The van der Waals surface area contributed by atoms with Gasteiger partial charge in [-0.25, -0.2) is 4.39 Å². The number of rotatable bonds is 6. The van der Waals surface area contributed by atoms with Gasteiger partial charge in [0.2, 0.25) is 0 Å². The van der Waals surface area contributed by atoms with Gasteiger partial charge in [0.25, 0.3) is 5.91 Å². The van der Waals surface area contributed by atoms with Crippen molar-refractivity contribution in [3.63, 3.8) is 0 Å². The summed E-state index contributed by atoms with van der Waals surface area (Å²) in [7, 11) is 1.89. The molecule has 2 rings (SSSR count).